The Balaban J connectivity index is 1.70. The third kappa shape index (κ3) is 4.42. The average molecular weight is 295 g/mol. The average Bonchev–Trinajstić information content (AvgIpc) is 2.42. The minimum Gasteiger partial charge on any atom is -0.506 e. The van der Waals surface area contributed by atoms with Gasteiger partial charge in [0.1, 0.15) is 17.3 Å². The standard InChI is InChI=1S/C16H16ClFO2/c17-15-11-14(7-8-16(15)19)20-9-2-1-4-12-5-3-6-13(18)10-12/h3,5-8,10-11,19H,1-2,4,9H2. The van der Waals surface area contributed by atoms with E-state index < -0.39 is 0 Å². The molecule has 0 saturated carbocycles. The van der Waals surface area contributed by atoms with Gasteiger partial charge in [-0.05, 0) is 49.1 Å². The molecule has 0 aliphatic carbocycles. The maximum atomic E-state index is 13.0. The molecule has 2 aromatic carbocycles. The topological polar surface area (TPSA) is 29.5 Å². The molecule has 0 saturated heterocycles. The predicted molar refractivity (Wildman–Crippen MR) is 77.9 cm³/mol. The summed E-state index contributed by atoms with van der Waals surface area (Å²) in [5, 5.41) is 9.56. The number of halogens is 2. The highest BCUT2D eigenvalue weighted by molar-refractivity contribution is 6.32. The van der Waals surface area contributed by atoms with E-state index in [0.29, 0.717) is 12.4 Å². The third-order valence-electron chi connectivity index (χ3n) is 2.94. The second kappa shape index (κ2) is 7.15. The van der Waals surface area contributed by atoms with Gasteiger partial charge in [0.2, 0.25) is 0 Å². The normalized spacial score (nSPS) is 10.5. The summed E-state index contributed by atoms with van der Waals surface area (Å²) in [6, 6.07) is 11.4. The van der Waals surface area contributed by atoms with E-state index in [2.05, 4.69) is 0 Å². The van der Waals surface area contributed by atoms with Gasteiger partial charge in [-0.3, -0.25) is 0 Å². The second-order valence-electron chi connectivity index (χ2n) is 4.55. The predicted octanol–water partition coefficient (Wildman–Crippen LogP) is 4.59. The van der Waals surface area contributed by atoms with Gasteiger partial charge in [0.05, 0.1) is 11.6 Å². The van der Waals surface area contributed by atoms with Crippen molar-refractivity contribution in [2.75, 3.05) is 6.61 Å². The molecule has 4 heteroatoms. The summed E-state index contributed by atoms with van der Waals surface area (Å²) in [7, 11) is 0. The molecule has 2 aromatic rings. The number of aromatic hydroxyl groups is 1. The third-order valence-corrected chi connectivity index (χ3v) is 3.24. The van der Waals surface area contributed by atoms with Gasteiger partial charge in [-0.1, -0.05) is 23.7 Å². The molecule has 20 heavy (non-hydrogen) atoms. The van der Waals surface area contributed by atoms with E-state index >= 15 is 0 Å². The van der Waals surface area contributed by atoms with Gasteiger partial charge in [-0.2, -0.15) is 0 Å². The highest BCUT2D eigenvalue weighted by atomic mass is 35.5. The molecule has 0 bridgehead atoms. The second-order valence-corrected chi connectivity index (χ2v) is 4.96. The fourth-order valence-electron chi connectivity index (χ4n) is 1.89. The maximum absolute atomic E-state index is 13.0. The fourth-order valence-corrected chi connectivity index (χ4v) is 2.06. The molecule has 0 radical (unpaired) electrons. The zero-order valence-electron chi connectivity index (χ0n) is 11.0. The number of hydrogen-bond donors (Lipinski definition) is 1. The summed E-state index contributed by atoms with van der Waals surface area (Å²) >= 11 is 5.78. The summed E-state index contributed by atoms with van der Waals surface area (Å²) in [5.74, 6) is 0.487. The zero-order valence-corrected chi connectivity index (χ0v) is 11.7. The van der Waals surface area contributed by atoms with Crippen LogP contribution in [-0.4, -0.2) is 11.7 Å². The number of benzene rings is 2. The van der Waals surface area contributed by atoms with Gasteiger partial charge < -0.3 is 9.84 Å². The molecule has 0 spiro atoms. The Morgan fingerprint density at radius 1 is 1.10 bits per heavy atom. The van der Waals surface area contributed by atoms with Crippen LogP contribution in [0.25, 0.3) is 0 Å². The largest absolute Gasteiger partial charge is 0.506 e. The number of unbranched alkanes of at least 4 members (excludes halogenated alkanes) is 1. The van der Waals surface area contributed by atoms with Crippen LogP contribution in [0.2, 0.25) is 5.02 Å². The van der Waals surface area contributed by atoms with Gasteiger partial charge in [0.15, 0.2) is 0 Å². The summed E-state index contributed by atoms with van der Waals surface area (Å²) < 4.78 is 18.5. The van der Waals surface area contributed by atoms with Crippen LogP contribution >= 0.6 is 11.6 Å². The summed E-state index contributed by atoms with van der Waals surface area (Å²) in [5.41, 5.74) is 0.998. The monoisotopic (exact) mass is 294 g/mol. The van der Waals surface area contributed by atoms with Gasteiger partial charge >= 0.3 is 0 Å². The van der Waals surface area contributed by atoms with Crippen LogP contribution in [0.3, 0.4) is 0 Å². The molecule has 0 aromatic heterocycles. The molecule has 0 amide bonds. The first-order valence-electron chi connectivity index (χ1n) is 6.51. The molecule has 0 unspecified atom stereocenters. The first-order chi connectivity index (χ1) is 9.65. The Labute approximate surface area is 122 Å². The molecule has 106 valence electrons. The first-order valence-corrected chi connectivity index (χ1v) is 6.89. The Hall–Kier alpha value is -1.74. The Bertz CT molecular complexity index is 572. The van der Waals surface area contributed by atoms with E-state index in [-0.39, 0.29) is 16.6 Å². The van der Waals surface area contributed by atoms with Crippen molar-refractivity contribution in [3.05, 3.63) is 58.9 Å². The smallest absolute Gasteiger partial charge is 0.134 e. The van der Waals surface area contributed by atoms with Crippen LogP contribution in [-0.2, 0) is 6.42 Å². The fraction of sp³-hybridized carbons (Fsp3) is 0.250. The van der Waals surface area contributed by atoms with Crippen molar-refractivity contribution in [1.29, 1.82) is 0 Å². The molecule has 0 aliphatic heterocycles. The van der Waals surface area contributed by atoms with E-state index in [4.69, 9.17) is 16.3 Å². The van der Waals surface area contributed by atoms with Crippen molar-refractivity contribution in [2.45, 2.75) is 19.3 Å². The van der Waals surface area contributed by atoms with Crippen LogP contribution in [0, 0.1) is 5.82 Å². The van der Waals surface area contributed by atoms with Crippen LogP contribution in [0.15, 0.2) is 42.5 Å². The lowest BCUT2D eigenvalue weighted by molar-refractivity contribution is 0.306. The summed E-state index contributed by atoms with van der Waals surface area (Å²) in [6.07, 6.45) is 2.63. The highest BCUT2D eigenvalue weighted by Gasteiger charge is 2.01. The van der Waals surface area contributed by atoms with E-state index in [9.17, 15) is 9.50 Å². The van der Waals surface area contributed by atoms with Gasteiger partial charge in [-0.25, -0.2) is 4.39 Å². The lowest BCUT2D eigenvalue weighted by atomic mass is 10.1. The SMILES string of the molecule is Oc1ccc(OCCCCc2cccc(F)c2)cc1Cl. The Kier molecular flexibility index (Phi) is 5.24. The lowest BCUT2D eigenvalue weighted by Gasteiger charge is -2.07. The molecule has 0 heterocycles. The molecule has 0 fully saturated rings. The first kappa shape index (κ1) is 14.7. The number of hydrogen-bond acceptors (Lipinski definition) is 2. The molecule has 0 atom stereocenters. The molecular formula is C16H16ClFO2. The molecular weight excluding hydrogens is 279 g/mol. The Morgan fingerprint density at radius 3 is 2.70 bits per heavy atom. The van der Waals surface area contributed by atoms with Crippen molar-refractivity contribution in [2.24, 2.45) is 0 Å². The minimum atomic E-state index is -0.197. The van der Waals surface area contributed by atoms with Gasteiger partial charge in [0.25, 0.3) is 0 Å². The van der Waals surface area contributed by atoms with Gasteiger partial charge in [-0.15, -0.1) is 0 Å². The van der Waals surface area contributed by atoms with E-state index in [1.54, 1.807) is 24.3 Å². The van der Waals surface area contributed by atoms with Crippen molar-refractivity contribution < 1.29 is 14.2 Å². The molecule has 2 nitrogen and oxygen atoms in total. The zero-order chi connectivity index (χ0) is 14.4. The summed E-state index contributed by atoms with van der Waals surface area (Å²) in [6.45, 7) is 0.566. The number of aryl methyl sites for hydroxylation is 1. The van der Waals surface area contributed by atoms with E-state index in [1.807, 2.05) is 6.07 Å². The van der Waals surface area contributed by atoms with Crippen molar-refractivity contribution in [3.8, 4) is 11.5 Å². The summed E-state index contributed by atoms with van der Waals surface area (Å²) in [4.78, 5) is 0. The van der Waals surface area contributed by atoms with Crippen molar-refractivity contribution in [1.82, 2.24) is 0 Å². The van der Waals surface area contributed by atoms with E-state index in [1.165, 1.54) is 12.1 Å². The number of rotatable bonds is 6. The number of phenolic OH excluding ortho intramolecular Hbond substituents is 1. The van der Waals surface area contributed by atoms with Crippen LogP contribution < -0.4 is 4.74 Å². The molecule has 2 rings (SSSR count). The van der Waals surface area contributed by atoms with Crippen LogP contribution in [0.1, 0.15) is 18.4 Å². The maximum Gasteiger partial charge on any atom is 0.134 e. The molecule has 0 aliphatic rings. The van der Waals surface area contributed by atoms with E-state index in [0.717, 1.165) is 24.8 Å². The quantitative estimate of drug-likeness (QED) is 0.790. The van der Waals surface area contributed by atoms with Crippen LogP contribution in [0.5, 0.6) is 11.5 Å². The number of ether oxygens (including phenoxy) is 1. The van der Waals surface area contributed by atoms with Crippen LogP contribution in [0.4, 0.5) is 4.39 Å². The van der Waals surface area contributed by atoms with Crippen molar-refractivity contribution >= 4 is 11.6 Å². The Morgan fingerprint density at radius 2 is 1.95 bits per heavy atom. The van der Waals surface area contributed by atoms with Gasteiger partial charge in [0, 0.05) is 6.07 Å². The highest BCUT2D eigenvalue weighted by Crippen LogP contribution is 2.27. The van der Waals surface area contributed by atoms with Crippen molar-refractivity contribution in [3.63, 3.8) is 0 Å². The lowest BCUT2D eigenvalue weighted by Crippen LogP contribution is -1.98. The molecule has 1 N–H and O–H groups in total. The minimum absolute atomic E-state index is 0.0464. The number of phenols is 1.